The van der Waals surface area contributed by atoms with Crippen molar-refractivity contribution in [1.82, 2.24) is 9.44 Å². The van der Waals surface area contributed by atoms with Crippen molar-refractivity contribution >= 4 is 10.2 Å². The highest BCUT2D eigenvalue weighted by atomic mass is 32.2. The minimum atomic E-state index is -4.61. The van der Waals surface area contributed by atoms with E-state index in [0.29, 0.717) is 12.8 Å². The van der Waals surface area contributed by atoms with Crippen LogP contribution in [0.3, 0.4) is 0 Å². The van der Waals surface area contributed by atoms with E-state index >= 15 is 0 Å². The van der Waals surface area contributed by atoms with Crippen LogP contribution in [0.4, 0.5) is 13.2 Å². The third-order valence-corrected chi connectivity index (χ3v) is 4.43. The summed E-state index contributed by atoms with van der Waals surface area (Å²) in [4.78, 5) is 0. The van der Waals surface area contributed by atoms with E-state index in [1.807, 2.05) is 6.92 Å². The lowest BCUT2D eigenvalue weighted by Crippen LogP contribution is -2.57. The van der Waals surface area contributed by atoms with Crippen LogP contribution in [0.2, 0.25) is 0 Å². The third-order valence-electron chi connectivity index (χ3n) is 3.21. The molecule has 0 radical (unpaired) electrons. The fourth-order valence-corrected chi connectivity index (χ4v) is 3.67. The van der Waals surface area contributed by atoms with Gasteiger partial charge in [0, 0.05) is 0 Å². The van der Waals surface area contributed by atoms with Gasteiger partial charge in [-0.2, -0.15) is 31.0 Å². The second kappa shape index (κ2) is 5.94. The minimum Gasteiger partial charge on any atom is -0.394 e. The highest BCUT2D eigenvalue weighted by Gasteiger charge is 2.39. The Hall–Kier alpha value is -0.380. The van der Waals surface area contributed by atoms with Gasteiger partial charge in [-0.25, -0.2) is 0 Å². The number of hydrogen-bond acceptors (Lipinski definition) is 3. The molecule has 2 atom stereocenters. The zero-order chi connectivity index (χ0) is 14.7. The Morgan fingerprint density at radius 2 is 2.05 bits per heavy atom. The molecule has 1 aliphatic carbocycles. The van der Waals surface area contributed by atoms with Gasteiger partial charge in [-0.1, -0.05) is 19.8 Å². The molecule has 5 nitrogen and oxygen atoms in total. The first kappa shape index (κ1) is 16.7. The van der Waals surface area contributed by atoms with E-state index in [4.69, 9.17) is 0 Å². The molecule has 1 saturated carbocycles. The second-order valence-corrected chi connectivity index (χ2v) is 6.68. The van der Waals surface area contributed by atoms with Gasteiger partial charge in [0.25, 0.3) is 10.2 Å². The lowest BCUT2D eigenvalue weighted by Gasteiger charge is -2.38. The Morgan fingerprint density at radius 3 is 2.53 bits per heavy atom. The molecular formula is C10H19F3N2O3S. The van der Waals surface area contributed by atoms with Gasteiger partial charge in [-0.3, -0.25) is 0 Å². The summed E-state index contributed by atoms with van der Waals surface area (Å²) in [6.07, 6.45) is -2.14. The smallest absolute Gasteiger partial charge is 0.394 e. The van der Waals surface area contributed by atoms with Crippen molar-refractivity contribution in [3.63, 3.8) is 0 Å². The van der Waals surface area contributed by atoms with Crippen molar-refractivity contribution in [3.05, 3.63) is 0 Å². The third kappa shape index (κ3) is 5.64. The van der Waals surface area contributed by atoms with E-state index in [2.05, 4.69) is 4.72 Å². The molecule has 2 unspecified atom stereocenters. The first-order valence-electron chi connectivity index (χ1n) is 6.04. The van der Waals surface area contributed by atoms with Crippen LogP contribution in [0.15, 0.2) is 0 Å². The average molecular weight is 304 g/mol. The topological polar surface area (TPSA) is 78.4 Å². The number of hydrogen-bond donors (Lipinski definition) is 3. The molecule has 0 spiro atoms. The molecule has 0 heterocycles. The Labute approximate surface area is 110 Å². The summed E-state index contributed by atoms with van der Waals surface area (Å²) in [7, 11) is -4.29. The van der Waals surface area contributed by atoms with E-state index in [1.54, 1.807) is 0 Å². The molecule has 3 N–H and O–H groups in total. The Morgan fingerprint density at radius 1 is 1.42 bits per heavy atom. The summed E-state index contributed by atoms with van der Waals surface area (Å²) in [6, 6.07) is 0. The summed E-state index contributed by atoms with van der Waals surface area (Å²) < 4.78 is 62.8. The Kier molecular flexibility index (Phi) is 5.21. The normalized spacial score (nSPS) is 29.4. The molecule has 1 rings (SSSR count). The fourth-order valence-electron chi connectivity index (χ4n) is 2.43. The van der Waals surface area contributed by atoms with Gasteiger partial charge in [-0.05, 0) is 18.8 Å². The molecule has 0 saturated heterocycles. The van der Waals surface area contributed by atoms with E-state index in [1.165, 1.54) is 4.72 Å². The fraction of sp³-hybridized carbons (Fsp3) is 1.00. The van der Waals surface area contributed by atoms with E-state index in [9.17, 15) is 26.7 Å². The zero-order valence-corrected chi connectivity index (χ0v) is 11.4. The van der Waals surface area contributed by atoms with Gasteiger partial charge < -0.3 is 5.11 Å². The molecule has 0 aromatic carbocycles. The largest absolute Gasteiger partial charge is 0.402 e. The Balaban J connectivity index is 2.69. The standard InChI is InChI=1S/C10H19F3N2O3S/c1-8-3-2-4-9(5-8,7-16)15-19(17,18)14-6-10(11,12)13/h8,14-16H,2-7H2,1H3. The van der Waals surface area contributed by atoms with Crippen LogP contribution in [0.5, 0.6) is 0 Å². The van der Waals surface area contributed by atoms with Gasteiger partial charge in [0.2, 0.25) is 0 Å². The van der Waals surface area contributed by atoms with E-state index in [0.717, 1.165) is 12.8 Å². The van der Waals surface area contributed by atoms with Crippen molar-refractivity contribution in [2.24, 2.45) is 5.92 Å². The van der Waals surface area contributed by atoms with Crippen molar-refractivity contribution in [1.29, 1.82) is 0 Å². The molecule has 0 aliphatic heterocycles. The SMILES string of the molecule is CC1CCCC(CO)(NS(=O)(=O)NCC(F)(F)F)C1. The number of alkyl halides is 3. The van der Waals surface area contributed by atoms with Crippen LogP contribution in [0.1, 0.15) is 32.6 Å². The van der Waals surface area contributed by atoms with Gasteiger partial charge in [0.05, 0.1) is 12.1 Å². The van der Waals surface area contributed by atoms with E-state index < -0.39 is 35.1 Å². The summed E-state index contributed by atoms with van der Waals surface area (Å²) >= 11 is 0. The monoisotopic (exact) mass is 304 g/mol. The Bertz CT molecular complexity index is 399. The molecule has 0 aromatic rings. The molecule has 0 bridgehead atoms. The quantitative estimate of drug-likeness (QED) is 0.706. The van der Waals surface area contributed by atoms with Crippen LogP contribution in [0, 0.1) is 5.92 Å². The zero-order valence-electron chi connectivity index (χ0n) is 10.6. The predicted molar refractivity (Wildman–Crippen MR) is 63.6 cm³/mol. The number of nitrogens with one attached hydrogen (secondary N) is 2. The second-order valence-electron chi connectivity index (χ2n) is 5.18. The van der Waals surface area contributed by atoms with Crippen LogP contribution in [0.25, 0.3) is 0 Å². The van der Waals surface area contributed by atoms with Gasteiger partial charge in [0.15, 0.2) is 0 Å². The van der Waals surface area contributed by atoms with Crippen molar-refractivity contribution < 1.29 is 26.7 Å². The summed E-state index contributed by atoms with van der Waals surface area (Å²) in [5.74, 6) is 0.214. The molecule has 0 amide bonds. The first-order valence-corrected chi connectivity index (χ1v) is 7.52. The van der Waals surface area contributed by atoms with Crippen LogP contribution < -0.4 is 9.44 Å². The number of rotatable bonds is 5. The lowest BCUT2D eigenvalue weighted by molar-refractivity contribution is -0.121. The number of aliphatic hydroxyl groups excluding tert-OH is 1. The van der Waals surface area contributed by atoms with Gasteiger partial charge in [-0.15, -0.1) is 0 Å². The molecule has 0 aromatic heterocycles. The lowest BCUT2D eigenvalue weighted by atomic mass is 9.78. The molecular weight excluding hydrogens is 285 g/mol. The van der Waals surface area contributed by atoms with Gasteiger partial charge in [0.1, 0.15) is 6.54 Å². The highest BCUT2D eigenvalue weighted by molar-refractivity contribution is 7.87. The molecule has 1 aliphatic rings. The molecule has 19 heavy (non-hydrogen) atoms. The predicted octanol–water partition coefficient (Wildman–Crippen LogP) is 0.914. The van der Waals surface area contributed by atoms with Crippen molar-refractivity contribution in [3.8, 4) is 0 Å². The maximum absolute atomic E-state index is 12.0. The molecule has 1 fully saturated rings. The van der Waals surface area contributed by atoms with Crippen LogP contribution >= 0.6 is 0 Å². The average Bonchev–Trinajstić information content (AvgIpc) is 2.25. The highest BCUT2D eigenvalue weighted by Crippen LogP contribution is 2.32. The van der Waals surface area contributed by atoms with Crippen molar-refractivity contribution in [2.45, 2.75) is 44.3 Å². The van der Waals surface area contributed by atoms with Crippen LogP contribution in [-0.2, 0) is 10.2 Å². The number of aliphatic hydroxyl groups is 1. The first-order chi connectivity index (χ1) is 8.58. The summed E-state index contributed by atoms with van der Waals surface area (Å²) in [5, 5.41) is 9.37. The molecule has 114 valence electrons. The van der Waals surface area contributed by atoms with Crippen molar-refractivity contribution in [2.75, 3.05) is 13.2 Å². The van der Waals surface area contributed by atoms with Crippen LogP contribution in [-0.4, -0.2) is 38.4 Å². The van der Waals surface area contributed by atoms with Gasteiger partial charge >= 0.3 is 6.18 Å². The summed E-state index contributed by atoms with van der Waals surface area (Å²) in [5.41, 5.74) is -1.06. The van der Waals surface area contributed by atoms with E-state index in [-0.39, 0.29) is 5.92 Å². The number of halogens is 3. The molecule has 9 heteroatoms. The summed E-state index contributed by atoms with van der Waals surface area (Å²) in [6.45, 7) is -0.134. The maximum Gasteiger partial charge on any atom is 0.402 e. The minimum absolute atomic E-state index is 0.214. The maximum atomic E-state index is 12.0.